The zero-order valence-electron chi connectivity index (χ0n) is 9.74. The number of aromatic nitrogens is 1. The van der Waals surface area contributed by atoms with Gasteiger partial charge in [-0.3, -0.25) is 4.79 Å². The van der Waals surface area contributed by atoms with Gasteiger partial charge in [0, 0.05) is 6.07 Å². The fourth-order valence-corrected chi connectivity index (χ4v) is 1.65. The molecule has 2 aromatic rings. The zero-order chi connectivity index (χ0) is 12.8. The van der Waals surface area contributed by atoms with E-state index in [0.717, 1.165) is 5.56 Å². The van der Waals surface area contributed by atoms with Gasteiger partial charge >= 0.3 is 0 Å². The summed E-state index contributed by atoms with van der Waals surface area (Å²) < 4.78 is 4.75. The molecular formula is C13H14N2O3. The monoisotopic (exact) mass is 246 g/mol. The molecular weight excluding hydrogens is 232 g/mol. The van der Waals surface area contributed by atoms with Crippen molar-refractivity contribution in [2.45, 2.75) is 12.5 Å². The highest BCUT2D eigenvalue weighted by atomic mass is 16.5. The van der Waals surface area contributed by atoms with Gasteiger partial charge in [0.15, 0.2) is 0 Å². The Morgan fingerprint density at radius 3 is 2.72 bits per heavy atom. The molecule has 1 amide bonds. The minimum atomic E-state index is -0.373. The Bertz CT molecular complexity index is 482. The minimum Gasteiger partial charge on any atom is -0.394 e. The van der Waals surface area contributed by atoms with Crippen molar-refractivity contribution < 1.29 is 14.4 Å². The van der Waals surface area contributed by atoms with E-state index in [2.05, 4.69) is 10.5 Å². The molecule has 0 radical (unpaired) electrons. The molecule has 0 aliphatic heterocycles. The summed E-state index contributed by atoms with van der Waals surface area (Å²) in [5, 5.41) is 15.4. The Kier molecular flexibility index (Phi) is 4.09. The Morgan fingerprint density at radius 2 is 2.11 bits per heavy atom. The summed E-state index contributed by atoms with van der Waals surface area (Å²) in [6.07, 6.45) is 1.97. The average molecular weight is 246 g/mol. The molecule has 2 N–H and O–H groups in total. The number of rotatable bonds is 5. The first-order chi connectivity index (χ1) is 8.79. The van der Waals surface area contributed by atoms with Crippen molar-refractivity contribution in [1.29, 1.82) is 0 Å². The fourth-order valence-electron chi connectivity index (χ4n) is 1.65. The topological polar surface area (TPSA) is 75.4 Å². The number of benzene rings is 1. The minimum absolute atomic E-state index is 0.130. The van der Waals surface area contributed by atoms with Crippen LogP contribution in [-0.2, 0) is 6.42 Å². The standard InChI is InChI=1S/C13H14N2O3/c16-9-11(8-10-4-2-1-3-5-10)15-13(17)12-6-7-14-18-12/h1-7,11,16H,8-9H2,(H,15,17). The molecule has 1 aromatic heterocycles. The van der Waals surface area contributed by atoms with E-state index in [1.54, 1.807) is 0 Å². The highest BCUT2D eigenvalue weighted by Crippen LogP contribution is 2.04. The van der Waals surface area contributed by atoms with Crippen LogP contribution in [0.2, 0.25) is 0 Å². The largest absolute Gasteiger partial charge is 0.394 e. The highest BCUT2D eigenvalue weighted by molar-refractivity contribution is 5.91. The number of aliphatic hydroxyl groups excluding tert-OH is 1. The van der Waals surface area contributed by atoms with Crippen molar-refractivity contribution in [1.82, 2.24) is 10.5 Å². The molecule has 5 nitrogen and oxygen atoms in total. The second-order valence-electron chi connectivity index (χ2n) is 3.92. The summed E-state index contributed by atoms with van der Waals surface area (Å²) in [7, 11) is 0. The van der Waals surface area contributed by atoms with Gasteiger partial charge < -0.3 is 14.9 Å². The maximum atomic E-state index is 11.7. The molecule has 0 saturated carbocycles. The van der Waals surface area contributed by atoms with Gasteiger partial charge in [0.05, 0.1) is 18.8 Å². The third kappa shape index (κ3) is 3.18. The molecule has 1 aromatic carbocycles. The second-order valence-corrected chi connectivity index (χ2v) is 3.92. The summed E-state index contributed by atoms with van der Waals surface area (Å²) in [6.45, 7) is -0.130. The van der Waals surface area contributed by atoms with E-state index in [9.17, 15) is 9.90 Å². The van der Waals surface area contributed by atoms with Crippen LogP contribution in [0.25, 0.3) is 0 Å². The Balaban J connectivity index is 1.96. The number of amides is 1. The summed E-state index contributed by atoms with van der Waals surface area (Å²) in [5.74, 6) is -0.232. The van der Waals surface area contributed by atoms with Gasteiger partial charge in [0.25, 0.3) is 5.91 Å². The van der Waals surface area contributed by atoms with Gasteiger partial charge in [-0.25, -0.2) is 0 Å². The van der Waals surface area contributed by atoms with Crippen LogP contribution >= 0.6 is 0 Å². The van der Waals surface area contributed by atoms with Gasteiger partial charge in [-0.2, -0.15) is 0 Å². The normalized spacial score (nSPS) is 12.1. The number of aliphatic hydroxyl groups is 1. The van der Waals surface area contributed by atoms with Crippen LogP contribution in [0.4, 0.5) is 0 Å². The van der Waals surface area contributed by atoms with Gasteiger partial charge in [-0.1, -0.05) is 35.5 Å². The van der Waals surface area contributed by atoms with Crippen LogP contribution in [0.5, 0.6) is 0 Å². The number of nitrogens with one attached hydrogen (secondary N) is 1. The quantitative estimate of drug-likeness (QED) is 0.825. The number of carbonyl (C=O) groups excluding carboxylic acids is 1. The van der Waals surface area contributed by atoms with Crippen LogP contribution < -0.4 is 5.32 Å². The van der Waals surface area contributed by atoms with Gasteiger partial charge in [0.2, 0.25) is 5.76 Å². The van der Waals surface area contributed by atoms with Crippen molar-refractivity contribution in [3.63, 3.8) is 0 Å². The Labute approximate surface area is 104 Å². The molecule has 2 rings (SSSR count). The van der Waals surface area contributed by atoms with Gasteiger partial charge in [-0.15, -0.1) is 0 Å². The van der Waals surface area contributed by atoms with Crippen molar-refractivity contribution >= 4 is 5.91 Å². The zero-order valence-corrected chi connectivity index (χ0v) is 9.74. The lowest BCUT2D eigenvalue weighted by atomic mass is 10.1. The van der Waals surface area contributed by atoms with E-state index in [-0.39, 0.29) is 24.3 Å². The van der Waals surface area contributed by atoms with Gasteiger partial charge in [-0.05, 0) is 12.0 Å². The van der Waals surface area contributed by atoms with Crippen molar-refractivity contribution in [2.24, 2.45) is 0 Å². The van der Waals surface area contributed by atoms with E-state index >= 15 is 0 Å². The van der Waals surface area contributed by atoms with Gasteiger partial charge in [0.1, 0.15) is 0 Å². The lowest BCUT2D eigenvalue weighted by Gasteiger charge is -2.15. The molecule has 18 heavy (non-hydrogen) atoms. The van der Waals surface area contributed by atoms with Crippen LogP contribution in [0.3, 0.4) is 0 Å². The maximum absolute atomic E-state index is 11.7. The van der Waals surface area contributed by atoms with E-state index in [0.29, 0.717) is 6.42 Å². The molecule has 1 atom stereocenters. The van der Waals surface area contributed by atoms with Crippen molar-refractivity contribution in [3.05, 3.63) is 53.9 Å². The summed E-state index contributed by atoms with van der Waals surface area (Å²) in [4.78, 5) is 11.7. The number of nitrogens with zero attached hydrogens (tertiary/aromatic N) is 1. The van der Waals surface area contributed by atoms with Crippen LogP contribution in [0, 0.1) is 0 Å². The van der Waals surface area contributed by atoms with Crippen molar-refractivity contribution in [3.8, 4) is 0 Å². The lowest BCUT2D eigenvalue weighted by molar-refractivity contribution is 0.0879. The first-order valence-corrected chi connectivity index (χ1v) is 5.66. The van der Waals surface area contributed by atoms with E-state index in [1.165, 1.54) is 12.3 Å². The molecule has 5 heteroatoms. The van der Waals surface area contributed by atoms with E-state index < -0.39 is 0 Å². The summed E-state index contributed by atoms with van der Waals surface area (Å²) in [6, 6.07) is 10.8. The summed E-state index contributed by atoms with van der Waals surface area (Å²) in [5.41, 5.74) is 1.05. The SMILES string of the molecule is O=C(NC(CO)Cc1ccccc1)c1ccno1. The van der Waals surface area contributed by atoms with E-state index in [4.69, 9.17) is 4.52 Å². The molecule has 94 valence electrons. The Morgan fingerprint density at radius 1 is 1.33 bits per heavy atom. The van der Waals surface area contributed by atoms with Crippen molar-refractivity contribution in [2.75, 3.05) is 6.61 Å². The fraction of sp³-hybridized carbons (Fsp3) is 0.231. The molecule has 1 unspecified atom stereocenters. The number of hydrogen-bond donors (Lipinski definition) is 2. The smallest absolute Gasteiger partial charge is 0.290 e. The Hall–Kier alpha value is -2.14. The molecule has 0 fully saturated rings. The number of hydrogen-bond acceptors (Lipinski definition) is 4. The first-order valence-electron chi connectivity index (χ1n) is 5.66. The molecule has 0 aliphatic carbocycles. The predicted molar refractivity (Wildman–Crippen MR) is 65.0 cm³/mol. The lowest BCUT2D eigenvalue weighted by Crippen LogP contribution is -2.38. The molecule has 0 saturated heterocycles. The second kappa shape index (κ2) is 5.97. The average Bonchev–Trinajstić information content (AvgIpc) is 2.93. The molecule has 1 heterocycles. The molecule has 0 aliphatic rings. The van der Waals surface area contributed by atoms with Crippen LogP contribution in [0.1, 0.15) is 16.1 Å². The van der Waals surface area contributed by atoms with Crippen LogP contribution in [-0.4, -0.2) is 28.8 Å². The first kappa shape index (κ1) is 12.3. The maximum Gasteiger partial charge on any atom is 0.290 e. The molecule has 0 spiro atoms. The van der Waals surface area contributed by atoms with E-state index in [1.807, 2.05) is 30.3 Å². The number of carbonyl (C=O) groups is 1. The third-order valence-corrected chi connectivity index (χ3v) is 2.54. The summed E-state index contributed by atoms with van der Waals surface area (Å²) >= 11 is 0. The van der Waals surface area contributed by atoms with Crippen LogP contribution in [0.15, 0.2) is 47.1 Å². The highest BCUT2D eigenvalue weighted by Gasteiger charge is 2.15. The third-order valence-electron chi connectivity index (χ3n) is 2.54. The molecule has 0 bridgehead atoms. The predicted octanol–water partition coefficient (Wildman–Crippen LogP) is 1.01.